The summed E-state index contributed by atoms with van der Waals surface area (Å²) in [6, 6.07) is 13.0. The second-order valence-electron chi connectivity index (χ2n) is 10.8. The maximum absolute atomic E-state index is 6.04. The lowest BCUT2D eigenvalue weighted by molar-refractivity contribution is 0.203. The van der Waals surface area contributed by atoms with Crippen molar-refractivity contribution >= 4 is 23.3 Å². The van der Waals surface area contributed by atoms with Crippen molar-refractivity contribution in [2.45, 2.75) is 57.0 Å². The molecule has 2 fully saturated rings. The predicted octanol–water partition coefficient (Wildman–Crippen LogP) is 5.31. The number of nitrogens with one attached hydrogen (secondary N) is 2. The molecule has 5 heterocycles. The van der Waals surface area contributed by atoms with E-state index < -0.39 is 0 Å². The van der Waals surface area contributed by atoms with Gasteiger partial charge >= 0.3 is 0 Å². The fourth-order valence-corrected chi connectivity index (χ4v) is 6.17. The van der Waals surface area contributed by atoms with Crippen molar-refractivity contribution in [1.82, 2.24) is 24.8 Å². The van der Waals surface area contributed by atoms with Gasteiger partial charge < -0.3 is 25.0 Å². The zero-order chi connectivity index (χ0) is 26.6. The number of pyridine rings is 1. The van der Waals surface area contributed by atoms with Crippen molar-refractivity contribution < 1.29 is 9.47 Å². The molecule has 9 heteroatoms. The number of anilines is 4. The molecule has 0 aliphatic carbocycles. The van der Waals surface area contributed by atoms with Gasteiger partial charge in [0.05, 0.1) is 13.7 Å². The van der Waals surface area contributed by atoms with Crippen molar-refractivity contribution in [3.63, 3.8) is 0 Å². The second-order valence-corrected chi connectivity index (χ2v) is 10.8. The minimum atomic E-state index is 0.495. The number of piperidine rings is 1. The van der Waals surface area contributed by atoms with Crippen LogP contribution in [-0.4, -0.2) is 71.2 Å². The molecule has 3 aliphatic rings. The number of ether oxygens (including phenoxy) is 2. The van der Waals surface area contributed by atoms with Crippen LogP contribution in [0.4, 0.5) is 23.3 Å². The fourth-order valence-electron chi connectivity index (χ4n) is 6.17. The molecule has 0 spiro atoms. The summed E-state index contributed by atoms with van der Waals surface area (Å²) < 4.78 is 11.6. The van der Waals surface area contributed by atoms with Crippen LogP contribution < -0.4 is 20.1 Å². The molecule has 3 aromatic rings. The molecule has 2 N–H and O–H groups in total. The molecule has 0 amide bonds. The number of fused-ring (bicyclic) bond motifs is 4. The minimum absolute atomic E-state index is 0.495. The molecule has 0 saturated carbocycles. The molecule has 206 valence electrons. The van der Waals surface area contributed by atoms with Gasteiger partial charge in [0.1, 0.15) is 11.6 Å². The van der Waals surface area contributed by atoms with Crippen molar-refractivity contribution in [2.24, 2.45) is 0 Å². The Morgan fingerprint density at radius 3 is 2.69 bits per heavy atom. The molecule has 2 bridgehead atoms. The quantitative estimate of drug-likeness (QED) is 0.339. The van der Waals surface area contributed by atoms with Crippen LogP contribution in [0.15, 0.2) is 42.6 Å². The molecular formula is C30H39N7O2. The number of rotatable bonds is 10. The molecular weight excluding hydrogens is 490 g/mol. The highest BCUT2D eigenvalue weighted by Gasteiger charge is 2.38. The minimum Gasteiger partial charge on any atom is -0.493 e. The van der Waals surface area contributed by atoms with E-state index in [0.717, 1.165) is 36.6 Å². The van der Waals surface area contributed by atoms with Gasteiger partial charge in [-0.1, -0.05) is 12.5 Å². The maximum atomic E-state index is 6.04. The molecule has 2 unspecified atom stereocenters. The third kappa shape index (κ3) is 5.94. The van der Waals surface area contributed by atoms with Gasteiger partial charge in [-0.05, 0) is 82.1 Å². The predicted molar refractivity (Wildman–Crippen MR) is 153 cm³/mol. The Hall–Kier alpha value is -3.43. The molecule has 2 aromatic heterocycles. The monoisotopic (exact) mass is 529 g/mol. The molecule has 2 saturated heterocycles. The number of likely N-dealkylation sites (N-methyl/N-ethyl adjacent to an activating group) is 1. The normalized spacial score (nSPS) is 20.9. The SMILES string of the molecule is COc1cc(Nc2nccc(Nc3ccc4c(n3)CC3CCC4N3C)n2)ccc1OCCCN1CCCCC1. The largest absolute Gasteiger partial charge is 0.493 e. The number of methoxy groups -OCH3 is 1. The van der Waals surface area contributed by atoms with Crippen LogP contribution in [0.3, 0.4) is 0 Å². The summed E-state index contributed by atoms with van der Waals surface area (Å²) in [6.45, 7) is 4.18. The lowest BCUT2D eigenvalue weighted by Gasteiger charge is -2.32. The van der Waals surface area contributed by atoms with Crippen molar-refractivity contribution in [3.8, 4) is 11.5 Å². The Labute approximate surface area is 231 Å². The lowest BCUT2D eigenvalue weighted by Crippen LogP contribution is -2.34. The van der Waals surface area contributed by atoms with Crippen LogP contribution in [0.5, 0.6) is 11.5 Å². The Balaban J connectivity index is 1.06. The summed E-state index contributed by atoms with van der Waals surface area (Å²) in [5, 5.41) is 6.65. The Bertz CT molecular complexity index is 1280. The van der Waals surface area contributed by atoms with E-state index in [4.69, 9.17) is 14.5 Å². The standard InChI is InChI=1S/C30H39N7O2/c1-36-22-8-10-25(36)23-9-12-28(33-24(23)20-22)34-29-13-14-31-30(35-29)32-21-7-11-26(27(19-21)38-2)39-18-6-17-37-15-4-3-5-16-37/h7,9,11-14,19,22,25H,3-6,8,10,15-18,20H2,1-2H3,(H2,31,32,33,34,35). The third-order valence-corrected chi connectivity index (χ3v) is 8.29. The summed E-state index contributed by atoms with van der Waals surface area (Å²) in [5.41, 5.74) is 3.40. The number of likely N-dealkylation sites (tertiary alicyclic amines) is 1. The molecule has 3 aliphatic heterocycles. The first kappa shape index (κ1) is 25.8. The van der Waals surface area contributed by atoms with Gasteiger partial charge in [0.2, 0.25) is 5.95 Å². The number of nitrogens with zero attached hydrogens (tertiary/aromatic N) is 5. The van der Waals surface area contributed by atoms with E-state index in [2.05, 4.69) is 49.6 Å². The van der Waals surface area contributed by atoms with Crippen molar-refractivity contribution in [1.29, 1.82) is 0 Å². The van der Waals surface area contributed by atoms with Gasteiger partial charge in [-0.2, -0.15) is 4.98 Å². The first-order chi connectivity index (χ1) is 19.2. The highest BCUT2D eigenvalue weighted by molar-refractivity contribution is 5.61. The van der Waals surface area contributed by atoms with Crippen LogP contribution in [-0.2, 0) is 6.42 Å². The summed E-state index contributed by atoms with van der Waals surface area (Å²) in [4.78, 5) is 19.0. The van der Waals surface area contributed by atoms with Crippen LogP contribution in [0.1, 0.15) is 55.8 Å². The maximum Gasteiger partial charge on any atom is 0.229 e. The average molecular weight is 530 g/mol. The van der Waals surface area contributed by atoms with E-state index in [9.17, 15) is 0 Å². The second kappa shape index (κ2) is 11.8. The van der Waals surface area contributed by atoms with Gasteiger partial charge in [-0.15, -0.1) is 0 Å². The topological polar surface area (TPSA) is 87.7 Å². The third-order valence-electron chi connectivity index (χ3n) is 8.29. The van der Waals surface area contributed by atoms with Crippen molar-refractivity contribution in [2.75, 3.05) is 51.0 Å². The Morgan fingerprint density at radius 1 is 0.949 bits per heavy atom. The van der Waals surface area contributed by atoms with E-state index in [0.29, 0.717) is 36.2 Å². The zero-order valence-electron chi connectivity index (χ0n) is 23.0. The lowest BCUT2D eigenvalue weighted by atomic mass is 9.98. The van der Waals surface area contributed by atoms with Crippen LogP contribution in [0.2, 0.25) is 0 Å². The van der Waals surface area contributed by atoms with Gasteiger partial charge in [-0.25, -0.2) is 9.97 Å². The average Bonchev–Trinajstić information content (AvgIpc) is 3.20. The first-order valence-corrected chi connectivity index (χ1v) is 14.3. The molecule has 39 heavy (non-hydrogen) atoms. The number of hydrogen-bond donors (Lipinski definition) is 2. The van der Waals surface area contributed by atoms with Crippen molar-refractivity contribution in [3.05, 3.63) is 53.9 Å². The van der Waals surface area contributed by atoms with E-state index in [1.165, 1.54) is 56.5 Å². The number of aromatic nitrogens is 3. The van der Waals surface area contributed by atoms with E-state index in [1.807, 2.05) is 24.3 Å². The fraction of sp³-hybridized carbons (Fsp3) is 0.500. The molecule has 6 rings (SSSR count). The van der Waals surface area contributed by atoms with E-state index in [1.54, 1.807) is 13.3 Å². The Morgan fingerprint density at radius 2 is 1.82 bits per heavy atom. The Kier molecular flexibility index (Phi) is 7.78. The number of benzene rings is 1. The first-order valence-electron chi connectivity index (χ1n) is 14.3. The highest BCUT2D eigenvalue weighted by Crippen LogP contribution is 2.42. The molecule has 9 nitrogen and oxygen atoms in total. The summed E-state index contributed by atoms with van der Waals surface area (Å²) in [7, 11) is 3.90. The van der Waals surface area contributed by atoms with Crippen LogP contribution in [0.25, 0.3) is 0 Å². The van der Waals surface area contributed by atoms with Gasteiger partial charge in [0.25, 0.3) is 0 Å². The van der Waals surface area contributed by atoms with Gasteiger partial charge in [0, 0.05) is 48.7 Å². The number of hydrogen-bond acceptors (Lipinski definition) is 9. The van der Waals surface area contributed by atoms with E-state index >= 15 is 0 Å². The van der Waals surface area contributed by atoms with Gasteiger partial charge in [-0.3, -0.25) is 4.90 Å². The van der Waals surface area contributed by atoms with Gasteiger partial charge in [0.15, 0.2) is 11.5 Å². The summed E-state index contributed by atoms with van der Waals surface area (Å²) >= 11 is 0. The van der Waals surface area contributed by atoms with Crippen LogP contribution >= 0.6 is 0 Å². The highest BCUT2D eigenvalue weighted by atomic mass is 16.5. The summed E-state index contributed by atoms with van der Waals surface area (Å²) in [6.07, 6.45) is 10.2. The zero-order valence-corrected chi connectivity index (χ0v) is 23.0. The smallest absolute Gasteiger partial charge is 0.229 e. The van der Waals surface area contributed by atoms with E-state index in [-0.39, 0.29) is 0 Å². The molecule has 1 aromatic carbocycles. The molecule has 2 atom stereocenters. The van der Waals surface area contributed by atoms with Crippen LogP contribution in [0, 0.1) is 0 Å². The molecule has 0 radical (unpaired) electrons. The summed E-state index contributed by atoms with van der Waals surface area (Å²) in [5.74, 6) is 3.43.